The number of nitrogens with two attached hydrogens (primary N) is 2. The van der Waals surface area contributed by atoms with Gasteiger partial charge in [0.25, 0.3) is 0 Å². The number of ether oxygens (including phenoxy) is 1. The SMILES string of the molecule is COCc1ccccc1NC(=O)C(N)CC(N)=O. The molecular weight excluding hydrogens is 234 g/mol. The van der Waals surface area contributed by atoms with E-state index >= 15 is 0 Å². The van der Waals surface area contributed by atoms with Crippen molar-refractivity contribution in [2.45, 2.75) is 19.1 Å². The van der Waals surface area contributed by atoms with Crippen LogP contribution in [0.4, 0.5) is 5.69 Å². The molecule has 98 valence electrons. The Balaban J connectivity index is 2.72. The lowest BCUT2D eigenvalue weighted by molar-refractivity contribution is -0.123. The highest BCUT2D eigenvalue weighted by molar-refractivity contribution is 5.97. The maximum Gasteiger partial charge on any atom is 0.241 e. The van der Waals surface area contributed by atoms with Gasteiger partial charge < -0.3 is 21.5 Å². The van der Waals surface area contributed by atoms with Gasteiger partial charge in [-0.25, -0.2) is 0 Å². The molecule has 0 saturated heterocycles. The number of para-hydroxylation sites is 1. The zero-order chi connectivity index (χ0) is 13.5. The first kappa shape index (κ1) is 14.1. The molecule has 0 heterocycles. The van der Waals surface area contributed by atoms with E-state index in [0.717, 1.165) is 5.56 Å². The molecule has 0 saturated carbocycles. The number of amides is 2. The Hall–Kier alpha value is -1.92. The summed E-state index contributed by atoms with van der Waals surface area (Å²) in [6, 6.07) is 6.25. The van der Waals surface area contributed by atoms with Gasteiger partial charge in [-0.3, -0.25) is 9.59 Å². The van der Waals surface area contributed by atoms with E-state index in [2.05, 4.69) is 5.32 Å². The molecular formula is C12H17N3O3. The summed E-state index contributed by atoms with van der Waals surface area (Å²) in [5.41, 5.74) is 12.0. The third-order valence-electron chi connectivity index (χ3n) is 2.33. The van der Waals surface area contributed by atoms with E-state index < -0.39 is 17.9 Å². The summed E-state index contributed by atoms with van der Waals surface area (Å²) in [5, 5.41) is 2.65. The van der Waals surface area contributed by atoms with Crippen molar-refractivity contribution in [2.24, 2.45) is 11.5 Å². The molecule has 6 heteroatoms. The molecule has 1 aromatic carbocycles. The standard InChI is InChI=1S/C12H17N3O3/c1-18-7-8-4-2-3-5-10(8)15-12(17)9(13)6-11(14)16/h2-5,9H,6-7,13H2,1H3,(H2,14,16)(H,15,17). The molecule has 0 fully saturated rings. The molecule has 0 aliphatic rings. The molecule has 6 nitrogen and oxygen atoms in total. The van der Waals surface area contributed by atoms with Crippen molar-refractivity contribution in [1.29, 1.82) is 0 Å². The first-order valence-electron chi connectivity index (χ1n) is 5.46. The van der Waals surface area contributed by atoms with Gasteiger partial charge in [-0.1, -0.05) is 18.2 Å². The Labute approximate surface area is 105 Å². The fraction of sp³-hybridized carbons (Fsp3) is 0.333. The van der Waals surface area contributed by atoms with Gasteiger partial charge in [0.05, 0.1) is 19.1 Å². The Kier molecular flexibility index (Phi) is 5.29. The number of anilines is 1. The molecule has 0 aromatic heterocycles. The number of hydrogen-bond acceptors (Lipinski definition) is 4. The first-order valence-corrected chi connectivity index (χ1v) is 5.46. The van der Waals surface area contributed by atoms with Crippen molar-refractivity contribution in [3.63, 3.8) is 0 Å². The quantitative estimate of drug-likeness (QED) is 0.660. The van der Waals surface area contributed by atoms with E-state index in [1.165, 1.54) is 0 Å². The molecule has 0 radical (unpaired) electrons. The molecule has 18 heavy (non-hydrogen) atoms. The summed E-state index contributed by atoms with van der Waals surface area (Å²) >= 11 is 0. The zero-order valence-corrected chi connectivity index (χ0v) is 10.2. The van der Waals surface area contributed by atoms with E-state index in [1.807, 2.05) is 12.1 Å². The summed E-state index contributed by atoms with van der Waals surface area (Å²) in [5.74, 6) is -1.06. The number of hydrogen-bond donors (Lipinski definition) is 3. The van der Waals surface area contributed by atoms with Gasteiger partial charge >= 0.3 is 0 Å². The number of methoxy groups -OCH3 is 1. The fourth-order valence-corrected chi connectivity index (χ4v) is 1.46. The molecule has 5 N–H and O–H groups in total. The van der Waals surface area contributed by atoms with Crippen LogP contribution in [0.25, 0.3) is 0 Å². The minimum Gasteiger partial charge on any atom is -0.380 e. The molecule has 0 aliphatic heterocycles. The van der Waals surface area contributed by atoms with Crippen LogP contribution in [-0.2, 0) is 20.9 Å². The highest BCUT2D eigenvalue weighted by Crippen LogP contribution is 2.16. The number of nitrogens with one attached hydrogen (secondary N) is 1. The van der Waals surface area contributed by atoms with E-state index in [9.17, 15) is 9.59 Å². The van der Waals surface area contributed by atoms with Crippen LogP contribution in [-0.4, -0.2) is 25.0 Å². The molecule has 0 bridgehead atoms. The van der Waals surface area contributed by atoms with Gasteiger partial charge in [-0.15, -0.1) is 0 Å². The number of rotatable bonds is 6. The van der Waals surface area contributed by atoms with E-state index in [1.54, 1.807) is 19.2 Å². The van der Waals surface area contributed by atoms with E-state index in [4.69, 9.17) is 16.2 Å². The van der Waals surface area contributed by atoms with Gasteiger partial charge in [-0.05, 0) is 6.07 Å². The Morgan fingerprint density at radius 2 is 2.06 bits per heavy atom. The molecule has 1 unspecified atom stereocenters. The number of benzene rings is 1. The highest BCUT2D eigenvalue weighted by Gasteiger charge is 2.16. The molecule has 0 aliphatic carbocycles. The molecule has 1 atom stereocenters. The van der Waals surface area contributed by atoms with Crippen molar-refractivity contribution in [2.75, 3.05) is 12.4 Å². The van der Waals surface area contributed by atoms with Crippen LogP contribution in [0, 0.1) is 0 Å². The topological polar surface area (TPSA) is 107 Å². The smallest absolute Gasteiger partial charge is 0.241 e. The van der Waals surface area contributed by atoms with Crippen LogP contribution in [0.2, 0.25) is 0 Å². The maximum absolute atomic E-state index is 11.7. The normalized spacial score (nSPS) is 11.9. The predicted octanol–water partition coefficient (Wildman–Crippen LogP) is -0.0258. The number of carbonyl (C=O) groups excluding carboxylic acids is 2. The Morgan fingerprint density at radius 1 is 1.39 bits per heavy atom. The lowest BCUT2D eigenvalue weighted by Gasteiger charge is -2.13. The molecule has 1 aromatic rings. The minimum absolute atomic E-state index is 0.182. The highest BCUT2D eigenvalue weighted by atomic mass is 16.5. The second kappa shape index (κ2) is 6.73. The van der Waals surface area contributed by atoms with Crippen molar-refractivity contribution < 1.29 is 14.3 Å². The average molecular weight is 251 g/mol. The second-order valence-electron chi connectivity index (χ2n) is 3.86. The van der Waals surface area contributed by atoms with Gasteiger partial charge in [0.1, 0.15) is 0 Å². The number of primary amides is 1. The van der Waals surface area contributed by atoms with Crippen molar-refractivity contribution in [3.8, 4) is 0 Å². The largest absolute Gasteiger partial charge is 0.380 e. The van der Waals surface area contributed by atoms with Crippen molar-refractivity contribution >= 4 is 17.5 Å². The Morgan fingerprint density at radius 3 is 2.67 bits per heavy atom. The molecule has 0 spiro atoms. The Bertz CT molecular complexity index is 434. The average Bonchev–Trinajstić information content (AvgIpc) is 2.31. The summed E-state index contributed by atoms with van der Waals surface area (Å²) in [7, 11) is 1.57. The van der Waals surface area contributed by atoms with Gasteiger partial charge in [0, 0.05) is 18.4 Å². The van der Waals surface area contributed by atoms with Crippen LogP contribution in [0.15, 0.2) is 24.3 Å². The third kappa shape index (κ3) is 4.15. The fourth-order valence-electron chi connectivity index (χ4n) is 1.46. The maximum atomic E-state index is 11.7. The third-order valence-corrected chi connectivity index (χ3v) is 2.33. The van der Waals surface area contributed by atoms with Crippen LogP contribution >= 0.6 is 0 Å². The van der Waals surface area contributed by atoms with Crippen LogP contribution in [0.1, 0.15) is 12.0 Å². The van der Waals surface area contributed by atoms with Crippen LogP contribution in [0.3, 0.4) is 0 Å². The second-order valence-corrected chi connectivity index (χ2v) is 3.86. The predicted molar refractivity (Wildman–Crippen MR) is 67.6 cm³/mol. The van der Waals surface area contributed by atoms with Crippen molar-refractivity contribution in [1.82, 2.24) is 0 Å². The summed E-state index contributed by atoms with van der Waals surface area (Å²) in [6.07, 6.45) is -0.182. The zero-order valence-electron chi connectivity index (χ0n) is 10.2. The van der Waals surface area contributed by atoms with Gasteiger partial charge in [0.15, 0.2) is 0 Å². The number of carbonyl (C=O) groups is 2. The van der Waals surface area contributed by atoms with Crippen molar-refractivity contribution in [3.05, 3.63) is 29.8 Å². The van der Waals surface area contributed by atoms with E-state index in [0.29, 0.717) is 12.3 Å². The lowest BCUT2D eigenvalue weighted by atomic mass is 10.1. The van der Waals surface area contributed by atoms with E-state index in [-0.39, 0.29) is 6.42 Å². The lowest BCUT2D eigenvalue weighted by Crippen LogP contribution is -2.39. The first-order chi connectivity index (χ1) is 8.54. The van der Waals surface area contributed by atoms with Gasteiger partial charge in [-0.2, -0.15) is 0 Å². The molecule has 2 amide bonds. The van der Waals surface area contributed by atoms with Crippen LogP contribution < -0.4 is 16.8 Å². The summed E-state index contributed by atoms with van der Waals surface area (Å²) in [4.78, 5) is 22.4. The summed E-state index contributed by atoms with van der Waals surface area (Å²) < 4.78 is 5.02. The monoisotopic (exact) mass is 251 g/mol. The van der Waals surface area contributed by atoms with Gasteiger partial charge in [0.2, 0.25) is 11.8 Å². The minimum atomic E-state index is -0.946. The van der Waals surface area contributed by atoms with Crippen LogP contribution in [0.5, 0.6) is 0 Å². The summed E-state index contributed by atoms with van der Waals surface area (Å²) in [6.45, 7) is 0.376. The molecule has 1 rings (SSSR count).